The summed E-state index contributed by atoms with van der Waals surface area (Å²) < 4.78 is 40.4. The van der Waals surface area contributed by atoms with Gasteiger partial charge in [0.1, 0.15) is 0 Å². The van der Waals surface area contributed by atoms with Gasteiger partial charge in [-0.25, -0.2) is 4.98 Å². The Labute approximate surface area is 87.2 Å². The Hall–Kier alpha value is -0.780. The molecule has 0 saturated carbocycles. The van der Waals surface area contributed by atoms with Gasteiger partial charge in [-0.2, -0.15) is 13.2 Å². The standard InChI is InChI=1S/C8H7BrF3NO/c1-5-2-3-13-7(6(5)9)14-4-8(10,11)12/h2-3H,4H2,1H3. The van der Waals surface area contributed by atoms with Gasteiger partial charge in [-0.15, -0.1) is 0 Å². The Morgan fingerprint density at radius 1 is 1.50 bits per heavy atom. The zero-order valence-electron chi connectivity index (χ0n) is 7.23. The van der Waals surface area contributed by atoms with E-state index in [1.807, 2.05) is 0 Å². The summed E-state index contributed by atoms with van der Waals surface area (Å²) in [6, 6.07) is 1.67. The lowest BCUT2D eigenvalue weighted by Crippen LogP contribution is -2.19. The first-order valence-electron chi connectivity index (χ1n) is 3.71. The van der Waals surface area contributed by atoms with E-state index in [1.54, 1.807) is 13.0 Å². The number of aromatic nitrogens is 1. The Morgan fingerprint density at radius 2 is 2.14 bits per heavy atom. The fraction of sp³-hybridized carbons (Fsp3) is 0.375. The van der Waals surface area contributed by atoms with Crippen molar-refractivity contribution in [2.24, 2.45) is 0 Å². The lowest BCUT2D eigenvalue weighted by molar-refractivity contribution is -0.154. The minimum absolute atomic E-state index is 0.0395. The largest absolute Gasteiger partial charge is 0.467 e. The van der Waals surface area contributed by atoms with Crippen LogP contribution in [-0.4, -0.2) is 17.8 Å². The molecule has 0 aliphatic heterocycles. The van der Waals surface area contributed by atoms with Crippen molar-refractivity contribution in [2.75, 3.05) is 6.61 Å². The van der Waals surface area contributed by atoms with Gasteiger partial charge < -0.3 is 4.74 Å². The van der Waals surface area contributed by atoms with Gasteiger partial charge >= 0.3 is 6.18 Å². The molecule has 2 nitrogen and oxygen atoms in total. The summed E-state index contributed by atoms with van der Waals surface area (Å²) in [5.74, 6) is -0.0395. The number of halogens is 4. The van der Waals surface area contributed by atoms with Crippen LogP contribution in [0.25, 0.3) is 0 Å². The van der Waals surface area contributed by atoms with E-state index in [0.29, 0.717) is 4.47 Å². The monoisotopic (exact) mass is 269 g/mol. The van der Waals surface area contributed by atoms with Crippen molar-refractivity contribution in [1.29, 1.82) is 0 Å². The molecule has 0 bridgehead atoms. The van der Waals surface area contributed by atoms with Crippen LogP contribution in [0.2, 0.25) is 0 Å². The smallest absolute Gasteiger partial charge is 0.422 e. The zero-order chi connectivity index (χ0) is 10.8. The molecule has 0 fully saturated rings. The molecule has 0 aliphatic carbocycles. The quantitative estimate of drug-likeness (QED) is 0.823. The molecule has 0 aliphatic rings. The first-order chi connectivity index (χ1) is 6.40. The lowest BCUT2D eigenvalue weighted by Gasteiger charge is -2.10. The lowest BCUT2D eigenvalue weighted by atomic mass is 10.3. The molecule has 1 heterocycles. The molecular weight excluding hydrogens is 263 g/mol. The molecule has 1 aromatic heterocycles. The van der Waals surface area contributed by atoms with E-state index in [4.69, 9.17) is 0 Å². The first-order valence-corrected chi connectivity index (χ1v) is 4.50. The highest BCUT2D eigenvalue weighted by Crippen LogP contribution is 2.26. The number of hydrogen-bond donors (Lipinski definition) is 0. The Morgan fingerprint density at radius 3 is 2.71 bits per heavy atom. The summed E-state index contributed by atoms with van der Waals surface area (Å²) in [7, 11) is 0. The minimum Gasteiger partial charge on any atom is -0.467 e. The maximum absolute atomic E-state index is 11.8. The average molecular weight is 270 g/mol. The molecule has 6 heteroatoms. The molecule has 0 amide bonds. The fourth-order valence-electron chi connectivity index (χ4n) is 0.766. The average Bonchev–Trinajstić information content (AvgIpc) is 2.06. The summed E-state index contributed by atoms with van der Waals surface area (Å²) in [6.07, 6.45) is -2.95. The molecule has 0 spiro atoms. The Bertz CT molecular complexity index is 327. The fourth-order valence-corrected chi connectivity index (χ4v) is 1.12. The summed E-state index contributed by atoms with van der Waals surface area (Å²) in [5.41, 5.74) is 0.775. The second kappa shape index (κ2) is 4.16. The summed E-state index contributed by atoms with van der Waals surface area (Å²) in [4.78, 5) is 3.67. The summed E-state index contributed by atoms with van der Waals surface area (Å²) in [5, 5.41) is 0. The third-order valence-electron chi connectivity index (χ3n) is 1.42. The van der Waals surface area contributed by atoms with Crippen molar-refractivity contribution in [2.45, 2.75) is 13.1 Å². The van der Waals surface area contributed by atoms with Crippen LogP contribution in [0.15, 0.2) is 16.7 Å². The number of aryl methyl sites for hydroxylation is 1. The van der Waals surface area contributed by atoms with E-state index in [1.165, 1.54) is 6.20 Å². The van der Waals surface area contributed by atoms with E-state index in [9.17, 15) is 13.2 Å². The normalized spacial score (nSPS) is 11.5. The van der Waals surface area contributed by atoms with Crippen LogP contribution in [0.3, 0.4) is 0 Å². The van der Waals surface area contributed by atoms with E-state index in [0.717, 1.165) is 5.56 Å². The number of rotatable bonds is 2. The number of pyridine rings is 1. The molecule has 0 N–H and O–H groups in total. The highest BCUT2D eigenvalue weighted by atomic mass is 79.9. The second-order valence-electron chi connectivity index (χ2n) is 2.65. The maximum Gasteiger partial charge on any atom is 0.422 e. The molecule has 0 radical (unpaired) electrons. The molecule has 0 saturated heterocycles. The van der Waals surface area contributed by atoms with Crippen molar-refractivity contribution in [1.82, 2.24) is 4.98 Å². The van der Waals surface area contributed by atoms with Crippen LogP contribution >= 0.6 is 15.9 Å². The molecule has 14 heavy (non-hydrogen) atoms. The van der Waals surface area contributed by atoms with Crippen LogP contribution < -0.4 is 4.74 Å². The molecule has 78 valence electrons. The van der Waals surface area contributed by atoms with Crippen LogP contribution in [0.4, 0.5) is 13.2 Å². The van der Waals surface area contributed by atoms with Crippen LogP contribution in [0, 0.1) is 6.92 Å². The van der Waals surface area contributed by atoms with Crippen molar-refractivity contribution in [3.8, 4) is 5.88 Å². The topological polar surface area (TPSA) is 22.1 Å². The van der Waals surface area contributed by atoms with Gasteiger partial charge in [-0.1, -0.05) is 0 Å². The van der Waals surface area contributed by atoms with Crippen molar-refractivity contribution < 1.29 is 17.9 Å². The third-order valence-corrected chi connectivity index (χ3v) is 2.39. The number of ether oxygens (including phenoxy) is 1. The van der Waals surface area contributed by atoms with Gasteiger partial charge in [0.2, 0.25) is 5.88 Å². The highest BCUT2D eigenvalue weighted by molar-refractivity contribution is 9.10. The third kappa shape index (κ3) is 3.17. The maximum atomic E-state index is 11.8. The SMILES string of the molecule is Cc1ccnc(OCC(F)(F)F)c1Br. The van der Waals surface area contributed by atoms with E-state index < -0.39 is 12.8 Å². The predicted octanol–water partition coefficient (Wildman–Crippen LogP) is 3.09. The molecule has 0 atom stereocenters. The van der Waals surface area contributed by atoms with Gasteiger partial charge in [-0.3, -0.25) is 0 Å². The Balaban J connectivity index is 2.73. The second-order valence-corrected chi connectivity index (χ2v) is 3.44. The van der Waals surface area contributed by atoms with Gasteiger partial charge in [0.15, 0.2) is 6.61 Å². The molecular formula is C8H7BrF3NO. The number of nitrogens with zero attached hydrogens (tertiary/aromatic N) is 1. The molecule has 0 aromatic carbocycles. The van der Waals surface area contributed by atoms with E-state index in [-0.39, 0.29) is 5.88 Å². The van der Waals surface area contributed by atoms with Crippen molar-refractivity contribution in [3.63, 3.8) is 0 Å². The molecule has 1 rings (SSSR count). The number of hydrogen-bond acceptors (Lipinski definition) is 2. The van der Waals surface area contributed by atoms with Gasteiger partial charge in [-0.05, 0) is 34.5 Å². The predicted molar refractivity (Wildman–Crippen MR) is 48.2 cm³/mol. The van der Waals surface area contributed by atoms with Gasteiger partial charge in [0.05, 0.1) is 4.47 Å². The van der Waals surface area contributed by atoms with Gasteiger partial charge in [0.25, 0.3) is 0 Å². The summed E-state index contributed by atoms with van der Waals surface area (Å²) in [6.45, 7) is 0.411. The van der Waals surface area contributed by atoms with E-state index in [2.05, 4.69) is 25.7 Å². The van der Waals surface area contributed by atoms with Crippen LogP contribution in [-0.2, 0) is 0 Å². The molecule has 0 unspecified atom stereocenters. The Kier molecular flexibility index (Phi) is 3.36. The van der Waals surface area contributed by atoms with Crippen LogP contribution in [0.1, 0.15) is 5.56 Å². The van der Waals surface area contributed by atoms with E-state index >= 15 is 0 Å². The zero-order valence-corrected chi connectivity index (χ0v) is 8.82. The molecule has 1 aromatic rings. The minimum atomic E-state index is -4.34. The highest BCUT2D eigenvalue weighted by Gasteiger charge is 2.29. The van der Waals surface area contributed by atoms with Crippen molar-refractivity contribution in [3.05, 3.63) is 22.3 Å². The van der Waals surface area contributed by atoms with Crippen LogP contribution in [0.5, 0.6) is 5.88 Å². The summed E-state index contributed by atoms with van der Waals surface area (Å²) >= 11 is 3.09. The van der Waals surface area contributed by atoms with Gasteiger partial charge in [0, 0.05) is 6.20 Å². The number of alkyl halides is 3. The first kappa shape index (κ1) is 11.3. The van der Waals surface area contributed by atoms with Crippen molar-refractivity contribution >= 4 is 15.9 Å².